The lowest BCUT2D eigenvalue weighted by Crippen LogP contribution is -2.27. The van der Waals surface area contributed by atoms with Gasteiger partial charge in [-0.05, 0) is 42.7 Å². The van der Waals surface area contributed by atoms with Gasteiger partial charge in [0, 0.05) is 25.2 Å². The van der Waals surface area contributed by atoms with E-state index in [4.69, 9.17) is 5.26 Å². The Morgan fingerprint density at radius 1 is 1.16 bits per heavy atom. The van der Waals surface area contributed by atoms with Crippen molar-refractivity contribution in [1.82, 2.24) is 4.90 Å². The molecule has 2 aromatic rings. The average Bonchev–Trinajstić information content (AvgIpc) is 3.15. The van der Waals surface area contributed by atoms with Crippen LogP contribution in [-0.2, 0) is 6.54 Å². The summed E-state index contributed by atoms with van der Waals surface area (Å²) in [6.45, 7) is 1.70. The van der Waals surface area contributed by atoms with Crippen LogP contribution >= 0.6 is 0 Å². The van der Waals surface area contributed by atoms with E-state index in [0.29, 0.717) is 5.56 Å². The molecule has 0 atom stereocenters. The molecular weight excluding hydrogens is 324 g/mol. The Labute approximate surface area is 144 Å². The number of hydrogen-bond donors (Lipinski definition) is 1. The molecule has 4 nitrogen and oxygen atoms in total. The van der Waals surface area contributed by atoms with Gasteiger partial charge in [0.05, 0.1) is 11.6 Å². The van der Waals surface area contributed by atoms with Gasteiger partial charge in [0.25, 0.3) is 5.91 Å². The second kappa shape index (κ2) is 7.31. The van der Waals surface area contributed by atoms with E-state index in [1.165, 1.54) is 0 Å². The first-order valence-corrected chi connectivity index (χ1v) is 8.09. The lowest BCUT2D eigenvalue weighted by Gasteiger charge is -2.16. The first kappa shape index (κ1) is 16.9. The monoisotopic (exact) mass is 341 g/mol. The predicted molar refractivity (Wildman–Crippen MR) is 90.0 cm³/mol. The van der Waals surface area contributed by atoms with Gasteiger partial charge in [-0.2, -0.15) is 5.26 Å². The van der Waals surface area contributed by atoms with Crippen molar-refractivity contribution in [3.8, 4) is 6.07 Å². The summed E-state index contributed by atoms with van der Waals surface area (Å²) in [4.78, 5) is 14.2. The number of nitriles is 1. The number of halogens is 2. The van der Waals surface area contributed by atoms with Crippen molar-refractivity contribution in [3.63, 3.8) is 0 Å². The molecule has 1 amide bonds. The third-order valence-electron chi connectivity index (χ3n) is 4.21. The first-order valence-electron chi connectivity index (χ1n) is 8.09. The predicted octanol–water partition coefficient (Wildman–Crippen LogP) is 3.68. The number of carbonyl (C=O) groups excluding carboxylic acids is 1. The third kappa shape index (κ3) is 3.77. The molecule has 0 bridgehead atoms. The molecule has 25 heavy (non-hydrogen) atoms. The highest BCUT2D eigenvalue weighted by molar-refractivity contribution is 5.94. The molecule has 0 aromatic heterocycles. The number of carbonyl (C=O) groups is 1. The maximum Gasteiger partial charge on any atom is 0.253 e. The molecule has 1 heterocycles. The van der Waals surface area contributed by atoms with E-state index in [1.54, 1.807) is 30.3 Å². The van der Waals surface area contributed by atoms with Crippen molar-refractivity contribution in [1.29, 1.82) is 5.26 Å². The van der Waals surface area contributed by atoms with Crippen LogP contribution in [0.2, 0.25) is 0 Å². The molecule has 0 aliphatic carbocycles. The maximum atomic E-state index is 13.9. The van der Waals surface area contributed by atoms with Crippen LogP contribution in [0.5, 0.6) is 0 Å². The zero-order valence-electron chi connectivity index (χ0n) is 13.6. The number of benzene rings is 2. The smallest absolute Gasteiger partial charge is 0.253 e. The summed E-state index contributed by atoms with van der Waals surface area (Å²) >= 11 is 0. The molecule has 0 spiro atoms. The van der Waals surface area contributed by atoms with Gasteiger partial charge in [0.2, 0.25) is 0 Å². The quantitative estimate of drug-likeness (QED) is 0.923. The van der Waals surface area contributed by atoms with E-state index in [9.17, 15) is 13.6 Å². The van der Waals surface area contributed by atoms with Crippen molar-refractivity contribution in [3.05, 3.63) is 64.7 Å². The van der Waals surface area contributed by atoms with Gasteiger partial charge >= 0.3 is 0 Å². The molecule has 3 rings (SSSR count). The van der Waals surface area contributed by atoms with Crippen molar-refractivity contribution in [2.45, 2.75) is 19.4 Å². The van der Waals surface area contributed by atoms with E-state index < -0.39 is 11.6 Å². The lowest BCUT2D eigenvalue weighted by atomic mass is 10.1. The molecule has 1 aliphatic rings. The summed E-state index contributed by atoms with van der Waals surface area (Å²) in [5.41, 5.74) is 0.962. The summed E-state index contributed by atoms with van der Waals surface area (Å²) in [6.07, 6.45) is 2.04. The molecule has 0 radical (unpaired) electrons. The zero-order chi connectivity index (χ0) is 17.8. The van der Waals surface area contributed by atoms with Crippen molar-refractivity contribution in [2.75, 3.05) is 18.4 Å². The average molecular weight is 341 g/mol. The van der Waals surface area contributed by atoms with Crippen LogP contribution in [0.15, 0.2) is 36.4 Å². The van der Waals surface area contributed by atoms with Crippen molar-refractivity contribution in [2.24, 2.45) is 0 Å². The minimum Gasteiger partial charge on any atom is -0.376 e. The Balaban J connectivity index is 1.73. The Bertz CT molecular complexity index is 816. The standard InChI is InChI=1S/C19H17F2N3O/c20-16-9-14(11-22)10-17(21)18(16)23-12-13-4-3-5-15(8-13)19(25)24-6-1-2-7-24/h3-5,8-10,23H,1-2,6-7,12H2. The minimum atomic E-state index is -0.819. The Kier molecular flexibility index (Phi) is 4.94. The summed E-state index contributed by atoms with van der Waals surface area (Å²) in [5, 5.41) is 11.4. The fourth-order valence-corrected chi connectivity index (χ4v) is 2.91. The van der Waals surface area contributed by atoms with Gasteiger partial charge in [0.15, 0.2) is 11.6 Å². The van der Waals surface area contributed by atoms with E-state index in [0.717, 1.165) is 43.6 Å². The molecule has 1 N–H and O–H groups in total. The largest absolute Gasteiger partial charge is 0.376 e. The lowest BCUT2D eigenvalue weighted by molar-refractivity contribution is 0.0792. The fourth-order valence-electron chi connectivity index (χ4n) is 2.91. The van der Waals surface area contributed by atoms with E-state index in [1.807, 2.05) is 4.90 Å². The van der Waals surface area contributed by atoms with Crippen LogP contribution in [0.3, 0.4) is 0 Å². The molecule has 1 saturated heterocycles. The Hall–Kier alpha value is -2.94. The number of nitrogens with one attached hydrogen (secondary N) is 1. The van der Waals surface area contributed by atoms with Crippen LogP contribution in [0.4, 0.5) is 14.5 Å². The fraction of sp³-hybridized carbons (Fsp3) is 0.263. The summed E-state index contributed by atoms with van der Waals surface area (Å²) in [7, 11) is 0. The third-order valence-corrected chi connectivity index (χ3v) is 4.21. The normalized spacial score (nSPS) is 13.6. The number of nitrogens with zero attached hydrogens (tertiary/aromatic N) is 2. The van der Waals surface area contributed by atoms with Gasteiger partial charge < -0.3 is 10.2 Å². The zero-order valence-corrected chi connectivity index (χ0v) is 13.6. The highest BCUT2D eigenvalue weighted by atomic mass is 19.1. The van der Waals surface area contributed by atoms with Crippen LogP contribution in [-0.4, -0.2) is 23.9 Å². The van der Waals surface area contributed by atoms with Crippen LogP contribution in [0.1, 0.15) is 34.3 Å². The Morgan fingerprint density at radius 3 is 2.48 bits per heavy atom. The molecule has 2 aromatic carbocycles. The summed E-state index contributed by atoms with van der Waals surface area (Å²) in [5.74, 6) is -1.66. The number of rotatable bonds is 4. The van der Waals surface area contributed by atoms with Gasteiger partial charge in [-0.25, -0.2) is 8.78 Å². The highest BCUT2D eigenvalue weighted by Gasteiger charge is 2.19. The van der Waals surface area contributed by atoms with Gasteiger partial charge in [0.1, 0.15) is 5.69 Å². The summed E-state index contributed by atoms with van der Waals surface area (Å²) < 4.78 is 27.8. The molecule has 1 aliphatic heterocycles. The molecule has 0 saturated carbocycles. The molecule has 1 fully saturated rings. The second-order valence-corrected chi connectivity index (χ2v) is 5.98. The van der Waals surface area contributed by atoms with E-state index >= 15 is 0 Å². The first-order chi connectivity index (χ1) is 12.1. The molecule has 128 valence electrons. The number of likely N-dealkylation sites (tertiary alicyclic amines) is 1. The summed E-state index contributed by atoms with van der Waals surface area (Å²) in [6, 6.07) is 10.7. The van der Waals surface area contributed by atoms with Gasteiger partial charge in [-0.3, -0.25) is 4.79 Å². The van der Waals surface area contributed by atoms with E-state index in [-0.39, 0.29) is 23.7 Å². The van der Waals surface area contributed by atoms with Crippen LogP contribution in [0.25, 0.3) is 0 Å². The van der Waals surface area contributed by atoms with Crippen LogP contribution < -0.4 is 5.32 Å². The van der Waals surface area contributed by atoms with Crippen molar-refractivity contribution < 1.29 is 13.6 Å². The minimum absolute atomic E-state index is 0.0184. The number of amides is 1. The number of hydrogen-bond acceptors (Lipinski definition) is 3. The molecule has 0 unspecified atom stereocenters. The highest BCUT2D eigenvalue weighted by Crippen LogP contribution is 2.22. The Morgan fingerprint density at radius 2 is 1.84 bits per heavy atom. The van der Waals surface area contributed by atoms with Crippen LogP contribution in [0, 0.1) is 23.0 Å². The SMILES string of the molecule is N#Cc1cc(F)c(NCc2cccc(C(=O)N3CCCC3)c2)c(F)c1. The van der Waals surface area contributed by atoms with Gasteiger partial charge in [-0.15, -0.1) is 0 Å². The number of anilines is 1. The second-order valence-electron chi connectivity index (χ2n) is 5.98. The van der Waals surface area contributed by atoms with E-state index in [2.05, 4.69) is 5.32 Å². The molecule has 6 heteroatoms. The molecular formula is C19H17F2N3O. The van der Waals surface area contributed by atoms with Gasteiger partial charge in [-0.1, -0.05) is 12.1 Å². The van der Waals surface area contributed by atoms with Crippen molar-refractivity contribution >= 4 is 11.6 Å². The maximum absolute atomic E-state index is 13.9. The topological polar surface area (TPSA) is 56.1 Å².